The lowest BCUT2D eigenvalue weighted by Crippen LogP contribution is -2.45. The van der Waals surface area contributed by atoms with Gasteiger partial charge in [-0.05, 0) is 30.5 Å². The molecule has 0 bridgehead atoms. The van der Waals surface area contributed by atoms with Crippen LogP contribution in [0.5, 0.6) is 0 Å². The zero-order valence-corrected chi connectivity index (χ0v) is 11.0. The fourth-order valence-corrected chi connectivity index (χ4v) is 2.64. The maximum atomic E-state index is 12.6. The van der Waals surface area contributed by atoms with Crippen LogP contribution in [0.1, 0.15) is 29.6 Å². The summed E-state index contributed by atoms with van der Waals surface area (Å²) in [6.45, 7) is 0. The molecule has 2 N–H and O–H groups in total. The van der Waals surface area contributed by atoms with Crippen molar-refractivity contribution in [1.82, 2.24) is 14.8 Å². The number of nitrogen functional groups attached to an aromatic ring is 1. The predicted molar refractivity (Wildman–Crippen MR) is 72.0 cm³/mol. The van der Waals surface area contributed by atoms with Gasteiger partial charge in [0, 0.05) is 5.02 Å². The first-order chi connectivity index (χ1) is 9.12. The van der Waals surface area contributed by atoms with E-state index in [1.807, 2.05) is 12.1 Å². The van der Waals surface area contributed by atoms with Crippen molar-refractivity contribution >= 4 is 23.5 Å². The quantitative estimate of drug-likeness (QED) is 0.913. The maximum absolute atomic E-state index is 12.6. The third-order valence-electron chi connectivity index (χ3n) is 3.73. The average molecular weight is 277 g/mol. The molecule has 5 nitrogen and oxygen atoms in total. The molecule has 0 saturated heterocycles. The number of halogens is 1. The van der Waals surface area contributed by atoms with Gasteiger partial charge in [0.05, 0.1) is 5.41 Å². The van der Waals surface area contributed by atoms with Gasteiger partial charge in [0.2, 0.25) is 5.95 Å². The van der Waals surface area contributed by atoms with Gasteiger partial charge in [-0.1, -0.05) is 30.2 Å². The SMILES string of the molecule is Nc1ncn(C(=O)C2(c3ccc(Cl)cc3)CCC2)n1. The Hall–Kier alpha value is -1.88. The molecule has 1 saturated carbocycles. The Bertz CT molecular complexity index is 616. The first kappa shape index (κ1) is 12.2. The Kier molecular flexibility index (Phi) is 2.78. The second kappa shape index (κ2) is 4.35. The van der Waals surface area contributed by atoms with Crippen LogP contribution in [0.4, 0.5) is 5.95 Å². The van der Waals surface area contributed by atoms with Crippen LogP contribution in [0.2, 0.25) is 5.02 Å². The van der Waals surface area contributed by atoms with Crippen molar-refractivity contribution < 1.29 is 4.79 Å². The molecule has 0 spiro atoms. The van der Waals surface area contributed by atoms with E-state index in [1.54, 1.807) is 12.1 Å². The molecule has 1 aromatic heterocycles. The molecule has 0 radical (unpaired) electrons. The highest BCUT2D eigenvalue weighted by Gasteiger charge is 2.46. The van der Waals surface area contributed by atoms with Gasteiger partial charge in [0.25, 0.3) is 5.91 Å². The van der Waals surface area contributed by atoms with E-state index in [2.05, 4.69) is 10.1 Å². The van der Waals surface area contributed by atoms with Crippen LogP contribution < -0.4 is 5.73 Å². The van der Waals surface area contributed by atoms with E-state index >= 15 is 0 Å². The number of carbonyl (C=O) groups is 1. The molecular weight excluding hydrogens is 264 g/mol. The van der Waals surface area contributed by atoms with Gasteiger partial charge in [0.15, 0.2) is 0 Å². The molecule has 0 unspecified atom stereocenters. The second-order valence-electron chi connectivity index (χ2n) is 4.80. The number of hydrogen-bond acceptors (Lipinski definition) is 4. The normalized spacial score (nSPS) is 16.9. The van der Waals surface area contributed by atoms with E-state index in [0.717, 1.165) is 24.8 Å². The summed E-state index contributed by atoms with van der Waals surface area (Å²) >= 11 is 5.89. The van der Waals surface area contributed by atoms with Gasteiger partial charge in [-0.3, -0.25) is 4.79 Å². The lowest BCUT2D eigenvalue weighted by atomic mass is 9.64. The molecule has 3 rings (SSSR count). The van der Waals surface area contributed by atoms with Crippen LogP contribution in [0.25, 0.3) is 0 Å². The average Bonchev–Trinajstić information content (AvgIpc) is 2.77. The standard InChI is InChI=1S/C13H13ClN4O/c14-10-4-2-9(3-5-10)13(6-1-7-13)11(19)18-8-16-12(15)17-18/h2-5,8H,1,6-7H2,(H2,15,17). The number of nitrogens with two attached hydrogens (primary N) is 1. The molecule has 1 aliphatic carbocycles. The summed E-state index contributed by atoms with van der Waals surface area (Å²) < 4.78 is 1.24. The van der Waals surface area contributed by atoms with Crippen LogP contribution in [-0.4, -0.2) is 20.7 Å². The van der Waals surface area contributed by atoms with Crippen molar-refractivity contribution in [2.24, 2.45) is 0 Å². The van der Waals surface area contributed by atoms with Gasteiger partial charge >= 0.3 is 0 Å². The minimum atomic E-state index is -0.509. The zero-order valence-electron chi connectivity index (χ0n) is 10.2. The summed E-state index contributed by atoms with van der Waals surface area (Å²) in [6.07, 6.45) is 4.02. The minimum absolute atomic E-state index is 0.0785. The number of carbonyl (C=O) groups excluding carboxylic acids is 1. The van der Waals surface area contributed by atoms with Crippen LogP contribution in [0.15, 0.2) is 30.6 Å². The van der Waals surface area contributed by atoms with Crippen LogP contribution in [0.3, 0.4) is 0 Å². The summed E-state index contributed by atoms with van der Waals surface area (Å²) in [5.74, 6) is 0.0317. The third-order valence-corrected chi connectivity index (χ3v) is 3.98. The number of anilines is 1. The number of benzene rings is 1. The van der Waals surface area contributed by atoms with E-state index in [0.29, 0.717) is 5.02 Å². The molecular formula is C13H13ClN4O. The van der Waals surface area contributed by atoms with E-state index in [-0.39, 0.29) is 11.9 Å². The summed E-state index contributed by atoms with van der Waals surface area (Å²) in [5, 5.41) is 4.57. The van der Waals surface area contributed by atoms with Gasteiger partial charge < -0.3 is 5.73 Å². The Balaban J connectivity index is 1.99. The fourth-order valence-electron chi connectivity index (χ4n) is 2.52. The first-order valence-corrected chi connectivity index (χ1v) is 6.48. The van der Waals surface area contributed by atoms with Crippen LogP contribution >= 0.6 is 11.6 Å². The highest BCUT2D eigenvalue weighted by molar-refractivity contribution is 6.30. The molecule has 1 heterocycles. The van der Waals surface area contributed by atoms with Gasteiger partial charge in [-0.2, -0.15) is 4.68 Å². The summed E-state index contributed by atoms with van der Waals surface area (Å²) in [6, 6.07) is 7.42. The van der Waals surface area contributed by atoms with Crippen molar-refractivity contribution in [3.63, 3.8) is 0 Å². The predicted octanol–water partition coefficient (Wildman–Crippen LogP) is 2.28. The molecule has 1 aromatic carbocycles. The lowest BCUT2D eigenvalue weighted by molar-refractivity contribution is 0.0676. The molecule has 19 heavy (non-hydrogen) atoms. The molecule has 1 aliphatic rings. The highest BCUT2D eigenvalue weighted by atomic mass is 35.5. The Morgan fingerprint density at radius 3 is 2.47 bits per heavy atom. The molecule has 2 aromatic rings. The minimum Gasteiger partial charge on any atom is -0.366 e. The monoisotopic (exact) mass is 276 g/mol. The topological polar surface area (TPSA) is 73.8 Å². The number of rotatable bonds is 2. The number of hydrogen-bond donors (Lipinski definition) is 1. The van der Waals surface area contributed by atoms with Crippen molar-refractivity contribution in [2.45, 2.75) is 24.7 Å². The van der Waals surface area contributed by atoms with Crippen molar-refractivity contribution in [2.75, 3.05) is 5.73 Å². The summed E-state index contributed by atoms with van der Waals surface area (Å²) in [5.41, 5.74) is 5.93. The molecule has 98 valence electrons. The van der Waals surface area contributed by atoms with E-state index in [1.165, 1.54) is 11.0 Å². The van der Waals surface area contributed by atoms with E-state index < -0.39 is 5.41 Å². The van der Waals surface area contributed by atoms with Crippen molar-refractivity contribution in [1.29, 1.82) is 0 Å². The first-order valence-electron chi connectivity index (χ1n) is 6.10. The lowest BCUT2D eigenvalue weighted by Gasteiger charge is -2.40. The van der Waals surface area contributed by atoms with Gasteiger partial charge in [-0.15, -0.1) is 5.10 Å². The highest BCUT2D eigenvalue weighted by Crippen LogP contribution is 2.45. The van der Waals surface area contributed by atoms with E-state index in [4.69, 9.17) is 17.3 Å². The van der Waals surface area contributed by atoms with Gasteiger partial charge in [-0.25, -0.2) is 4.98 Å². The molecule has 0 atom stereocenters. The molecule has 0 amide bonds. The van der Waals surface area contributed by atoms with Gasteiger partial charge in [0.1, 0.15) is 6.33 Å². The van der Waals surface area contributed by atoms with E-state index in [9.17, 15) is 4.79 Å². The number of nitrogens with zero attached hydrogens (tertiary/aromatic N) is 3. The largest absolute Gasteiger partial charge is 0.366 e. The maximum Gasteiger partial charge on any atom is 0.259 e. The third kappa shape index (κ3) is 1.90. The Morgan fingerprint density at radius 2 is 2.00 bits per heavy atom. The molecule has 6 heteroatoms. The second-order valence-corrected chi connectivity index (χ2v) is 5.23. The Morgan fingerprint density at radius 1 is 1.32 bits per heavy atom. The smallest absolute Gasteiger partial charge is 0.259 e. The van der Waals surface area contributed by atoms with Crippen molar-refractivity contribution in [3.05, 3.63) is 41.2 Å². The number of aromatic nitrogens is 3. The summed E-state index contributed by atoms with van der Waals surface area (Å²) in [4.78, 5) is 16.4. The molecule has 1 fully saturated rings. The van der Waals surface area contributed by atoms with Crippen LogP contribution in [-0.2, 0) is 5.41 Å². The Labute approximate surface area is 115 Å². The van der Waals surface area contributed by atoms with Crippen molar-refractivity contribution in [3.8, 4) is 0 Å². The summed E-state index contributed by atoms with van der Waals surface area (Å²) in [7, 11) is 0. The fraction of sp³-hybridized carbons (Fsp3) is 0.308. The zero-order chi connectivity index (χ0) is 13.5. The molecule has 0 aliphatic heterocycles. The van der Waals surface area contributed by atoms with Crippen LogP contribution in [0, 0.1) is 0 Å².